The van der Waals surface area contributed by atoms with Crippen LogP contribution in [0.25, 0.3) is 21.9 Å². The summed E-state index contributed by atoms with van der Waals surface area (Å²) in [5.74, 6) is -0.328. The van der Waals surface area contributed by atoms with Gasteiger partial charge in [0.1, 0.15) is 18.3 Å². The van der Waals surface area contributed by atoms with Gasteiger partial charge in [-0.15, -0.1) is 0 Å². The maximum Gasteiger partial charge on any atom is 0.264 e. The van der Waals surface area contributed by atoms with Crippen molar-refractivity contribution in [3.8, 4) is 0 Å². The van der Waals surface area contributed by atoms with E-state index in [1.165, 1.54) is 21.8 Å². The van der Waals surface area contributed by atoms with Gasteiger partial charge in [-0.05, 0) is 12.1 Å². The van der Waals surface area contributed by atoms with Crippen molar-refractivity contribution in [2.45, 2.75) is 6.54 Å². The number of aryl methyl sites for hydroxylation is 1. The number of fused-ring (bicyclic) bond motifs is 2. The van der Waals surface area contributed by atoms with Crippen molar-refractivity contribution in [1.29, 1.82) is 0 Å². The number of para-hydroxylation sites is 1. The Morgan fingerprint density at radius 3 is 2.92 bits per heavy atom. The number of carbonyl (C=O) groups is 1. The highest BCUT2D eigenvalue weighted by molar-refractivity contribution is 6.00. The second-order valence-electron chi connectivity index (χ2n) is 5.61. The van der Waals surface area contributed by atoms with Gasteiger partial charge >= 0.3 is 0 Å². The fourth-order valence-corrected chi connectivity index (χ4v) is 2.73. The standard InChI is InChI=1S/C17H14N6O2/c1-22-16-12(8-20-22)17(25)23(10-19-16)9-14(24)21-13-6-2-4-11-5-3-7-18-15(11)13/h2-8,10H,9H2,1H3,(H,21,24). The second kappa shape index (κ2) is 5.82. The lowest BCUT2D eigenvalue weighted by Crippen LogP contribution is -2.27. The number of anilines is 1. The van der Waals surface area contributed by atoms with E-state index in [0.29, 0.717) is 22.2 Å². The number of rotatable bonds is 3. The summed E-state index contributed by atoms with van der Waals surface area (Å²) in [6, 6.07) is 9.29. The molecule has 0 bridgehead atoms. The Hall–Kier alpha value is -3.55. The Labute approximate surface area is 141 Å². The molecule has 4 rings (SSSR count). The molecule has 0 atom stereocenters. The summed E-state index contributed by atoms with van der Waals surface area (Å²) in [4.78, 5) is 33.3. The Bertz CT molecular complexity index is 1160. The van der Waals surface area contributed by atoms with E-state index in [4.69, 9.17) is 0 Å². The number of hydrogen-bond donors (Lipinski definition) is 1. The molecule has 0 radical (unpaired) electrons. The zero-order chi connectivity index (χ0) is 17.4. The highest BCUT2D eigenvalue weighted by Gasteiger charge is 2.12. The summed E-state index contributed by atoms with van der Waals surface area (Å²) < 4.78 is 2.78. The molecular formula is C17H14N6O2. The number of amides is 1. The van der Waals surface area contributed by atoms with Crippen LogP contribution in [0.15, 0.2) is 53.8 Å². The predicted molar refractivity (Wildman–Crippen MR) is 93.1 cm³/mol. The van der Waals surface area contributed by atoms with Crippen LogP contribution in [0, 0.1) is 0 Å². The minimum atomic E-state index is -0.328. The number of hydrogen-bond acceptors (Lipinski definition) is 5. The normalized spacial score (nSPS) is 11.1. The molecule has 25 heavy (non-hydrogen) atoms. The molecular weight excluding hydrogens is 320 g/mol. The fourth-order valence-electron chi connectivity index (χ4n) is 2.73. The lowest BCUT2D eigenvalue weighted by Gasteiger charge is -2.09. The van der Waals surface area contributed by atoms with Crippen molar-refractivity contribution in [3.05, 3.63) is 59.4 Å². The summed E-state index contributed by atoms with van der Waals surface area (Å²) in [7, 11) is 1.71. The number of nitrogens with zero attached hydrogens (tertiary/aromatic N) is 5. The number of nitrogens with one attached hydrogen (secondary N) is 1. The molecule has 8 nitrogen and oxygen atoms in total. The second-order valence-corrected chi connectivity index (χ2v) is 5.61. The molecule has 1 aromatic carbocycles. The number of benzene rings is 1. The third-order valence-electron chi connectivity index (χ3n) is 3.94. The minimum absolute atomic E-state index is 0.139. The van der Waals surface area contributed by atoms with E-state index in [9.17, 15) is 9.59 Å². The SMILES string of the molecule is Cn1ncc2c(=O)n(CC(=O)Nc3cccc4cccnc34)cnc21. The first kappa shape index (κ1) is 15.0. The smallest absolute Gasteiger partial charge is 0.264 e. The van der Waals surface area contributed by atoms with E-state index in [1.54, 1.807) is 19.3 Å². The van der Waals surface area contributed by atoms with Crippen molar-refractivity contribution in [1.82, 2.24) is 24.3 Å². The molecule has 124 valence electrons. The van der Waals surface area contributed by atoms with E-state index in [2.05, 4.69) is 20.4 Å². The first-order valence-corrected chi connectivity index (χ1v) is 7.64. The van der Waals surface area contributed by atoms with E-state index < -0.39 is 0 Å². The molecule has 0 saturated carbocycles. The zero-order valence-electron chi connectivity index (χ0n) is 13.4. The number of pyridine rings is 1. The molecule has 0 aliphatic carbocycles. The van der Waals surface area contributed by atoms with E-state index >= 15 is 0 Å². The zero-order valence-corrected chi connectivity index (χ0v) is 13.4. The van der Waals surface area contributed by atoms with Crippen LogP contribution < -0.4 is 10.9 Å². The molecule has 3 heterocycles. The summed E-state index contributed by atoms with van der Waals surface area (Å²) in [5.41, 5.74) is 1.49. The topological polar surface area (TPSA) is 94.7 Å². The maximum atomic E-state index is 12.4. The molecule has 3 aromatic heterocycles. The summed E-state index contributed by atoms with van der Waals surface area (Å²) >= 11 is 0. The van der Waals surface area contributed by atoms with Crippen LogP contribution in [0.2, 0.25) is 0 Å². The van der Waals surface area contributed by atoms with Gasteiger partial charge in [0.2, 0.25) is 5.91 Å². The molecule has 1 amide bonds. The molecule has 0 aliphatic rings. The van der Waals surface area contributed by atoms with E-state index in [1.807, 2.05) is 24.3 Å². The van der Waals surface area contributed by atoms with Crippen molar-refractivity contribution in [3.63, 3.8) is 0 Å². The molecule has 4 aromatic rings. The van der Waals surface area contributed by atoms with Gasteiger partial charge in [-0.3, -0.25) is 23.8 Å². The van der Waals surface area contributed by atoms with Gasteiger partial charge in [-0.1, -0.05) is 18.2 Å². The fraction of sp³-hybridized carbons (Fsp3) is 0.118. The summed E-state index contributed by atoms with van der Waals surface area (Å²) in [5, 5.41) is 8.12. The van der Waals surface area contributed by atoms with Crippen LogP contribution >= 0.6 is 0 Å². The van der Waals surface area contributed by atoms with Crippen molar-refractivity contribution in [2.24, 2.45) is 7.05 Å². The Kier molecular flexibility index (Phi) is 3.50. The Morgan fingerprint density at radius 2 is 2.04 bits per heavy atom. The van der Waals surface area contributed by atoms with Gasteiger partial charge in [-0.2, -0.15) is 5.10 Å². The third kappa shape index (κ3) is 2.63. The number of aromatic nitrogens is 5. The quantitative estimate of drug-likeness (QED) is 0.610. The van der Waals surface area contributed by atoms with Crippen molar-refractivity contribution < 1.29 is 4.79 Å². The highest BCUT2D eigenvalue weighted by atomic mass is 16.2. The molecule has 0 spiro atoms. The van der Waals surface area contributed by atoms with Crippen LogP contribution in [0.5, 0.6) is 0 Å². The third-order valence-corrected chi connectivity index (χ3v) is 3.94. The highest BCUT2D eigenvalue weighted by Crippen LogP contribution is 2.20. The first-order valence-electron chi connectivity index (χ1n) is 7.64. The van der Waals surface area contributed by atoms with Crippen molar-refractivity contribution >= 4 is 33.5 Å². The van der Waals surface area contributed by atoms with Crippen LogP contribution in [-0.2, 0) is 18.4 Å². The predicted octanol–water partition coefficient (Wildman–Crippen LogP) is 1.32. The minimum Gasteiger partial charge on any atom is -0.323 e. The Morgan fingerprint density at radius 1 is 1.20 bits per heavy atom. The lowest BCUT2D eigenvalue weighted by atomic mass is 10.2. The largest absolute Gasteiger partial charge is 0.323 e. The van der Waals surface area contributed by atoms with Crippen LogP contribution in [0.3, 0.4) is 0 Å². The van der Waals surface area contributed by atoms with E-state index in [0.717, 1.165) is 5.39 Å². The molecule has 8 heteroatoms. The van der Waals surface area contributed by atoms with E-state index in [-0.39, 0.29) is 18.0 Å². The maximum absolute atomic E-state index is 12.4. The van der Waals surface area contributed by atoms with Crippen molar-refractivity contribution in [2.75, 3.05) is 5.32 Å². The molecule has 0 aliphatic heterocycles. The molecule has 1 N–H and O–H groups in total. The molecule has 0 saturated heterocycles. The monoisotopic (exact) mass is 334 g/mol. The van der Waals surface area contributed by atoms with Gasteiger partial charge in [0.15, 0.2) is 5.65 Å². The van der Waals surface area contributed by atoms with Gasteiger partial charge in [0, 0.05) is 18.6 Å². The first-order chi connectivity index (χ1) is 12.1. The van der Waals surface area contributed by atoms with Gasteiger partial charge < -0.3 is 5.32 Å². The molecule has 0 fully saturated rings. The summed E-state index contributed by atoms with van der Waals surface area (Å²) in [6.07, 6.45) is 4.48. The van der Waals surface area contributed by atoms with Gasteiger partial charge in [-0.25, -0.2) is 4.98 Å². The summed E-state index contributed by atoms with van der Waals surface area (Å²) in [6.45, 7) is -0.139. The number of carbonyl (C=O) groups excluding carboxylic acids is 1. The average molecular weight is 334 g/mol. The lowest BCUT2D eigenvalue weighted by molar-refractivity contribution is -0.116. The van der Waals surface area contributed by atoms with Gasteiger partial charge in [0.25, 0.3) is 5.56 Å². The average Bonchev–Trinajstić information content (AvgIpc) is 2.99. The molecule has 0 unspecified atom stereocenters. The van der Waals surface area contributed by atoms with Crippen LogP contribution in [0.4, 0.5) is 5.69 Å². The van der Waals surface area contributed by atoms with Crippen LogP contribution in [-0.4, -0.2) is 30.2 Å². The Balaban J connectivity index is 1.62. The van der Waals surface area contributed by atoms with Crippen LogP contribution in [0.1, 0.15) is 0 Å². The van der Waals surface area contributed by atoms with Gasteiger partial charge in [0.05, 0.1) is 17.4 Å².